The molecule has 2 aromatic heterocycles. The third kappa shape index (κ3) is 6.28. The molecule has 33 heavy (non-hydrogen) atoms. The molecule has 0 unspecified atom stereocenters. The second-order valence-electron chi connectivity index (χ2n) is 10.5. The molecule has 0 aliphatic rings. The zero-order valence-corrected chi connectivity index (χ0v) is 20.4. The van der Waals surface area contributed by atoms with Crippen molar-refractivity contribution in [1.29, 1.82) is 0 Å². The third-order valence-electron chi connectivity index (χ3n) is 4.96. The molecular weight excluding hydrogens is 416 g/mol. The van der Waals surface area contributed by atoms with Gasteiger partial charge in [0.25, 0.3) is 11.8 Å². The van der Waals surface area contributed by atoms with Gasteiger partial charge in [0.1, 0.15) is 5.76 Å². The lowest BCUT2D eigenvalue weighted by Gasteiger charge is -2.18. The highest BCUT2D eigenvalue weighted by atomic mass is 16.5. The van der Waals surface area contributed by atoms with Crippen LogP contribution in [0.25, 0.3) is 11.3 Å². The van der Waals surface area contributed by atoms with Gasteiger partial charge in [-0.15, -0.1) is 0 Å². The molecule has 7 nitrogen and oxygen atoms in total. The fraction of sp³-hybridized carbons (Fsp3) is 0.385. The van der Waals surface area contributed by atoms with Gasteiger partial charge in [-0.25, -0.2) is 0 Å². The Morgan fingerprint density at radius 1 is 0.939 bits per heavy atom. The monoisotopic (exact) mass is 448 g/mol. The Hall–Kier alpha value is -3.48. The van der Waals surface area contributed by atoms with Crippen LogP contribution in [0.1, 0.15) is 73.8 Å². The summed E-state index contributed by atoms with van der Waals surface area (Å²) in [5.74, 6) is 0.137. The topological polar surface area (TPSA) is 97.1 Å². The number of rotatable bonds is 5. The van der Waals surface area contributed by atoms with Crippen molar-refractivity contribution < 1.29 is 14.1 Å². The molecule has 0 atom stereocenters. The Kier molecular flexibility index (Phi) is 6.72. The van der Waals surface area contributed by atoms with Gasteiger partial charge in [0.05, 0.1) is 11.4 Å². The van der Waals surface area contributed by atoms with Crippen molar-refractivity contribution in [2.75, 3.05) is 11.9 Å². The minimum absolute atomic E-state index is 0.00564. The molecule has 3 aromatic rings. The largest absolute Gasteiger partial charge is 0.360 e. The molecule has 1 aromatic carbocycles. The molecule has 2 amide bonds. The fourth-order valence-corrected chi connectivity index (χ4v) is 3.03. The first-order chi connectivity index (χ1) is 15.3. The Bertz CT molecular complexity index is 1150. The molecule has 2 N–H and O–H groups in total. The van der Waals surface area contributed by atoms with Crippen LogP contribution in [0, 0.1) is 12.3 Å². The molecule has 2 heterocycles. The van der Waals surface area contributed by atoms with E-state index >= 15 is 0 Å². The molecule has 0 fully saturated rings. The minimum atomic E-state index is -0.376. The molecule has 0 aliphatic heterocycles. The smallest absolute Gasteiger partial charge is 0.277 e. The summed E-state index contributed by atoms with van der Waals surface area (Å²) in [6, 6.07) is 12.5. The maximum atomic E-state index is 12.8. The van der Waals surface area contributed by atoms with Gasteiger partial charge in [0.2, 0.25) is 0 Å². The lowest BCUT2D eigenvalue weighted by Crippen LogP contribution is -2.32. The fourth-order valence-electron chi connectivity index (χ4n) is 3.03. The normalized spacial score (nSPS) is 11.8. The minimum Gasteiger partial charge on any atom is -0.360 e. The first kappa shape index (κ1) is 24.2. The van der Waals surface area contributed by atoms with E-state index in [4.69, 9.17) is 4.52 Å². The van der Waals surface area contributed by atoms with E-state index in [-0.39, 0.29) is 28.3 Å². The second-order valence-corrected chi connectivity index (χ2v) is 10.5. The van der Waals surface area contributed by atoms with Gasteiger partial charge < -0.3 is 15.2 Å². The Labute approximate surface area is 195 Å². The van der Waals surface area contributed by atoms with Crippen LogP contribution in [0.2, 0.25) is 0 Å². The standard InChI is InChI=1S/C26H32N4O3/c1-16-8-13-19(29-24(32)20-14-21(33-30-20)26(5,6)7)22(28-16)17-9-11-18(12-10-17)23(31)27-15-25(2,3)4/h8-14H,15H2,1-7H3,(H,27,31)(H,29,32). The number of aryl methyl sites for hydroxylation is 1. The molecule has 0 aliphatic carbocycles. The van der Waals surface area contributed by atoms with Crippen molar-refractivity contribution in [2.45, 2.75) is 53.9 Å². The molecule has 0 radical (unpaired) electrons. The maximum absolute atomic E-state index is 12.8. The van der Waals surface area contributed by atoms with Crippen molar-refractivity contribution in [2.24, 2.45) is 5.41 Å². The highest BCUT2D eigenvalue weighted by molar-refractivity contribution is 6.04. The molecule has 7 heteroatoms. The average Bonchev–Trinajstić information content (AvgIpc) is 3.24. The van der Waals surface area contributed by atoms with E-state index in [1.54, 1.807) is 18.2 Å². The number of carbonyl (C=O) groups excluding carboxylic acids is 2. The first-order valence-electron chi connectivity index (χ1n) is 11.0. The number of nitrogens with one attached hydrogen (secondary N) is 2. The first-order valence-corrected chi connectivity index (χ1v) is 11.0. The van der Waals surface area contributed by atoms with E-state index < -0.39 is 0 Å². The van der Waals surface area contributed by atoms with E-state index in [2.05, 4.69) is 41.5 Å². The van der Waals surface area contributed by atoms with Gasteiger partial charge in [0.15, 0.2) is 5.69 Å². The molecule has 0 bridgehead atoms. The van der Waals surface area contributed by atoms with E-state index in [0.717, 1.165) is 11.3 Å². The number of benzene rings is 1. The van der Waals surface area contributed by atoms with Crippen molar-refractivity contribution in [1.82, 2.24) is 15.5 Å². The summed E-state index contributed by atoms with van der Waals surface area (Å²) >= 11 is 0. The Morgan fingerprint density at radius 2 is 1.61 bits per heavy atom. The number of hydrogen-bond donors (Lipinski definition) is 2. The van der Waals surface area contributed by atoms with Gasteiger partial charge in [-0.05, 0) is 36.6 Å². The zero-order valence-electron chi connectivity index (χ0n) is 20.4. The van der Waals surface area contributed by atoms with Crippen LogP contribution in [0.3, 0.4) is 0 Å². The summed E-state index contributed by atoms with van der Waals surface area (Å²) in [4.78, 5) is 29.9. The molecule has 0 saturated heterocycles. The van der Waals surface area contributed by atoms with Crippen molar-refractivity contribution in [3.8, 4) is 11.3 Å². The van der Waals surface area contributed by atoms with Gasteiger partial charge in [-0.1, -0.05) is 58.8 Å². The summed E-state index contributed by atoms with van der Waals surface area (Å²) in [5.41, 5.74) is 3.30. The second kappa shape index (κ2) is 9.17. The number of hydrogen-bond acceptors (Lipinski definition) is 5. The van der Waals surface area contributed by atoms with Crippen LogP contribution >= 0.6 is 0 Å². The number of amides is 2. The van der Waals surface area contributed by atoms with Crippen LogP contribution in [0.15, 0.2) is 47.0 Å². The van der Waals surface area contributed by atoms with Crippen molar-refractivity contribution >= 4 is 17.5 Å². The van der Waals surface area contributed by atoms with Crippen LogP contribution < -0.4 is 10.6 Å². The van der Waals surface area contributed by atoms with E-state index in [1.807, 2.05) is 52.0 Å². The lowest BCUT2D eigenvalue weighted by molar-refractivity contribution is 0.0938. The van der Waals surface area contributed by atoms with Gasteiger partial charge in [-0.3, -0.25) is 14.6 Å². The van der Waals surface area contributed by atoms with Crippen molar-refractivity contribution in [3.05, 3.63) is 65.2 Å². The summed E-state index contributed by atoms with van der Waals surface area (Å²) in [6.07, 6.45) is 0. The summed E-state index contributed by atoms with van der Waals surface area (Å²) in [6.45, 7) is 14.6. The van der Waals surface area contributed by atoms with Crippen LogP contribution in [-0.2, 0) is 5.41 Å². The van der Waals surface area contributed by atoms with Gasteiger partial charge in [-0.2, -0.15) is 0 Å². The predicted octanol–water partition coefficient (Wildman–Crippen LogP) is 5.37. The van der Waals surface area contributed by atoms with E-state index in [0.29, 0.717) is 29.2 Å². The Morgan fingerprint density at radius 3 is 2.18 bits per heavy atom. The highest BCUT2D eigenvalue weighted by Gasteiger charge is 2.23. The summed E-state index contributed by atoms with van der Waals surface area (Å²) in [7, 11) is 0. The van der Waals surface area contributed by atoms with Crippen LogP contribution in [0.5, 0.6) is 0 Å². The molecule has 174 valence electrons. The summed E-state index contributed by atoms with van der Waals surface area (Å²) in [5, 5.41) is 9.75. The maximum Gasteiger partial charge on any atom is 0.277 e. The van der Waals surface area contributed by atoms with E-state index in [1.165, 1.54) is 0 Å². The Balaban J connectivity index is 1.82. The number of carbonyl (C=O) groups is 2. The summed E-state index contributed by atoms with van der Waals surface area (Å²) < 4.78 is 5.33. The molecule has 0 spiro atoms. The van der Waals surface area contributed by atoms with Crippen LogP contribution in [-0.4, -0.2) is 28.5 Å². The quantitative estimate of drug-likeness (QED) is 0.547. The number of nitrogens with zero attached hydrogens (tertiary/aromatic N) is 2. The number of pyridine rings is 1. The van der Waals surface area contributed by atoms with Crippen LogP contribution in [0.4, 0.5) is 5.69 Å². The predicted molar refractivity (Wildman–Crippen MR) is 129 cm³/mol. The average molecular weight is 449 g/mol. The van der Waals surface area contributed by atoms with Gasteiger partial charge >= 0.3 is 0 Å². The molecular formula is C26H32N4O3. The number of anilines is 1. The van der Waals surface area contributed by atoms with Crippen molar-refractivity contribution in [3.63, 3.8) is 0 Å². The molecule has 0 saturated carbocycles. The van der Waals surface area contributed by atoms with E-state index in [9.17, 15) is 9.59 Å². The lowest BCUT2D eigenvalue weighted by atomic mass is 9.93. The zero-order chi connectivity index (χ0) is 24.4. The molecule has 3 rings (SSSR count). The highest BCUT2D eigenvalue weighted by Crippen LogP contribution is 2.28. The number of aromatic nitrogens is 2. The van der Waals surface area contributed by atoms with Gasteiger partial charge in [0, 0.05) is 34.8 Å². The third-order valence-corrected chi connectivity index (χ3v) is 4.96. The SMILES string of the molecule is Cc1ccc(NC(=O)c2cc(C(C)(C)C)on2)c(-c2ccc(C(=O)NCC(C)(C)C)cc2)n1.